The number of fused-ring (bicyclic) bond motifs is 4. The molecule has 0 amide bonds. The molecule has 2 heterocycles. The van der Waals surface area contributed by atoms with Crippen LogP contribution in [-0.2, 0) is 7.05 Å². The van der Waals surface area contributed by atoms with Crippen LogP contribution in [0.5, 0.6) is 5.75 Å². The Hall–Kier alpha value is -2.26. The van der Waals surface area contributed by atoms with Crippen molar-refractivity contribution in [1.82, 2.24) is 4.98 Å². The van der Waals surface area contributed by atoms with Crippen LogP contribution in [0, 0.1) is 0 Å². The van der Waals surface area contributed by atoms with Gasteiger partial charge in [0.2, 0.25) is 0 Å². The molecule has 4 rings (SSSR count). The lowest BCUT2D eigenvalue weighted by molar-refractivity contribution is -0.619. The zero-order chi connectivity index (χ0) is 13.7. The first-order valence-electron chi connectivity index (χ1n) is 6.65. The van der Waals surface area contributed by atoms with Gasteiger partial charge >= 0.3 is 0 Å². The van der Waals surface area contributed by atoms with E-state index in [0.29, 0.717) is 0 Å². The highest BCUT2D eigenvalue weighted by Gasteiger charge is 2.15. The number of aryl methyl sites for hydroxylation is 1. The number of pyridine rings is 1. The number of rotatable bonds is 1. The summed E-state index contributed by atoms with van der Waals surface area (Å²) >= 11 is 0. The molecular formula is C17H15ClN2O. The molecule has 0 saturated heterocycles. The van der Waals surface area contributed by atoms with Crippen LogP contribution in [0.1, 0.15) is 0 Å². The van der Waals surface area contributed by atoms with Crippen molar-refractivity contribution >= 4 is 32.8 Å². The average Bonchev–Trinajstić information content (AvgIpc) is 2.86. The first-order valence-corrected chi connectivity index (χ1v) is 6.65. The van der Waals surface area contributed by atoms with Gasteiger partial charge in [0.15, 0.2) is 0 Å². The van der Waals surface area contributed by atoms with Crippen molar-refractivity contribution in [1.29, 1.82) is 0 Å². The van der Waals surface area contributed by atoms with Crippen molar-refractivity contribution in [2.45, 2.75) is 0 Å². The molecule has 0 aliphatic heterocycles. The molecule has 0 aliphatic rings. The zero-order valence-corrected chi connectivity index (χ0v) is 12.6. The Balaban J connectivity index is 0.00000132. The van der Waals surface area contributed by atoms with Gasteiger partial charge in [-0.25, -0.2) is 9.55 Å². The van der Waals surface area contributed by atoms with E-state index in [0.717, 1.165) is 16.9 Å². The van der Waals surface area contributed by atoms with Gasteiger partial charge in [-0.05, 0) is 30.3 Å². The lowest BCUT2D eigenvalue weighted by Gasteiger charge is -2.04. The molecule has 0 aliphatic carbocycles. The van der Waals surface area contributed by atoms with Gasteiger partial charge in [0, 0.05) is 16.8 Å². The smallest absolute Gasteiger partial charge is 0.287 e. The van der Waals surface area contributed by atoms with Crippen LogP contribution in [0.25, 0.3) is 32.8 Å². The number of H-pyrrole nitrogens is 1. The van der Waals surface area contributed by atoms with Crippen molar-refractivity contribution in [2.75, 3.05) is 7.11 Å². The SMILES string of the molecule is COc1ccc2cc3c4ccccc4[nH]c3[n+](C)c2c1.[Cl-]. The molecule has 4 aromatic rings. The highest BCUT2D eigenvalue weighted by Crippen LogP contribution is 2.27. The van der Waals surface area contributed by atoms with Crippen molar-refractivity contribution in [3.8, 4) is 5.75 Å². The highest BCUT2D eigenvalue weighted by molar-refractivity contribution is 6.07. The normalized spacial score (nSPS) is 11.0. The van der Waals surface area contributed by atoms with Gasteiger partial charge in [0.05, 0.1) is 19.5 Å². The number of nitrogens with one attached hydrogen (secondary N) is 1. The molecule has 106 valence electrons. The largest absolute Gasteiger partial charge is 1.00 e. The van der Waals surface area contributed by atoms with Crippen LogP contribution in [0.2, 0.25) is 0 Å². The third-order valence-electron chi connectivity index (χ3n) is 3.96. The number of para-hydroxylation sites is 1. The van der Waals surface area contributed by atoms with E-state index >= 15 is 0 Å². The van der Waals surface area contributed by atoms with Crippen molar-refractivity contribution in [3.05, 3.63) is 48.5 Å². The maximum absolute atomic E-state index is 5.32. The summed E-state index contributed by atoms with van der Waals surface area (Å²) in [5.41, 5.74) is 3.45. The molecule has 3 nitrogen and oxygen atoms in total. The van der Waals surface area contributed by atoms with Crippen molar-refractivity contribution < 1.29 is 21.7 Å². The molecule has 1 N–H and O–H groups in total. The molecular weight excluding hydrogens is 284 g/mol. The number of ether oxygens (including phenoxy) is 1. The van der Waals surface area contributed by atoms with Crippen LogP contribution in [0.4, 0.5) is 0 Å². The summed E-state index contributed by atoms with van der Waals surface area (Å²) in [6.45, 7) is 0. The predicted molar refractivity (Wildman–Crippen MR) is 81.0 cm³/mol. The number of methoxy groups -OCH3 is 1. The number of benzene rings is 2. The molecule has 21 heavy (non-hydrogen) atoms. The zero-order valence-electron chi connectivity index (χ0n) is 11.9. The first-order chi connectivity index (χ1) is 9.78. The summed E-state index contributed by atoms with van der Waals surface area (Å²) < 4.78 is 7.51. The quantitative estimate of drug-likeness (QED) is 0.504. The molecule has 2 aromatic heterocycles. The fraction of sp³-hybridized carbons (Fsp3) is 0.118. The standard InChI is InChI=1S/C17H14N2O.ClH/c1-19-16-10-12(20-2)8-7-11(16)9-14-13-5-3-4-6-15(13)18-17(14)19;/h3-10H,1-2H3;1H. The lowest BCUT2D eigenvalue weighted by atomic mass is 10.1. The van der Waals surface area contributed by atoms with E-state index in [2.05, 4.69) is 59.1 Å². The van der Waals surface area contributed by atoms with E-state index in [1.165, 1.54) is 21.7 Å². The molecule has 2 aromatic carbocycles. The van der Waals surface area contributed by atoms with Gasteiger partial charge in [-0.2, -0.15) is 0 Å². The molecule has 4 heteroatoms. The molecule has 0 atom stereocenters. The highest BCUT2D eigenvalue weighted by atomic mass is 35.5. The summed E-state index contributed by atoms with van der Waals surface area (Å²) in [6, 6.07) is 16.8. The van der Waals surface area contributed by atoms with Crippen molar-refractivity contribution in [3.63, 3.8) is 0 Å². The fourth-order valence-electron chi connectivity index (χ4n) is 2.90. The van der Waals surface area contributed by atoms with Crippen LogP contribution in [-0.4, -0.2) is 12.1 Å². The van der Waals surface area contributed by atoms with Crippen LogP contribution in [0.15, 0.2) is 48.5 Å². The second-order valence-corrected chi connectivity index (χ2v) is 5.06. The Labute approximate surface area is 128 Å². The van der Waals surface area contributed by atoms with E-state index in [4.69, 9.17) is 4.74 Å². The van der Waals surface area contributed by atoms with Gasteiger partial charge in [0.1, 0.15) is 16.8 Å². The number of nitrogens with zero attached hydrogens (tertiary/aromatic N) is 1. The molecule has 0 unspecified atom stereocenters. The average molecular weight is 299 g/mol. The number of hydrogen-bond donors (Lipinski definition) is 1. The Bertz CT molecular complexity index is 959. The minimum atomic E-state index is 0. The van der Waals surface area contributed by atoms with Crippen LogP contribution >= 0.6 is 0 Å². The van der Waals surface area contributed by atoms with Gasteiger partial charge in [-0.15, -0.1) is 0 Å². The van der Waals surface area contributed by atoms with Gasteiger partial charge in [0.25, 0.3) is 5.65 Å². The first kappa shape index (κ1) is 13.7. The van der Waals surface area contributed by atoms with Gasteiger partial charge < -0.3 is 17.1 Å². The predicted octanol–water partition coefficient (Wildman–Crippen LogP) is 0.311. The molecule has 0 saturated carbocycles. The van der Waals surface area contributed by atoms with Gasteiger partial charge in [-0.3, -0.25) is 0 Å². The van der Waals surface area contributed by atoms with E-state index in [1.54, 1.807) is 7.11 Å². The van der Waals surface area contributed by atoms with E-state index in [-0.39, 0.29) is 12.4 Å². The fourth-order valence-corrected chi connectivity index (χ4v) is 2.90. The number of aromatic amines is 1. The Morgan fingerprint density at radius 1 is 1.00 bits per heavy atom. The second kappa shape index (κ2) is 4.93. The lowest BCUT2D eigenvalue weighted by Crippen LogP contribution is -3.00. The summed E-state index contributed by atoms with van der Waals surface area (Å²) in [4.78, 5) is 3.50. The number of halogens is 1. The number of hydrogen-bond acceptors (Lipinski definition) is 1. The molecule has 0 spiro atoms. The minimum absolute atomic E-state index is 0. The third-order valence-corrected chi connectivity index (χ3v) is 3.96. The molecule has 0 bridgehead atoms. The molecule has 0 fully saturated rings. The van der Waals surface area contributed by atoms with E-state index in [1.807, 2.05) is 6.07 Å². The Morgan fingerprint density at radius 2 is 1.81 bits per heavy atom. The second-order valence-electron chi connectivity index (χ2n) is 5.06. The summed E-state index contributed by atoms with van der Waals surface area (Å²) in [5, 5.41) is 3.72. The summed E-state index contributed by atoms with van der Waals surface area (Å²) in [5.74, 6) is 0.878. The van der Waals surface area contributed by atoms with Crippen molar-refractivity contribution in [2.24, 2.45) is 7.05 Å². The third kappa shape index (κ3) is 1.93. The molecule has 0 radical (unpaired) electrons. The van der Waals surface area contributed by atoms with Gasteiger partial charge in [-0.1, -0.05) is 12.1 Å². The topological polar surface area (TPSA) is 28.9 Å². The minimum Gasteiger partial charge on any atom is -1.00 e. The maximum Gasteiger partial charge on any atom is 0.287 e. The van der Waals surface area contributed by atoms with Crippen LogP contribution < -0.4 is 21.7 Å². The maximum atomic E-state index is 5.32. The summed E-state index contributed by atoms with van der Waals surface area (Å²) in [6.07, 6.45) is 0. The van der Waals surface area contributed by atoms with E-state index < -0.39 is 0 Å². The van der Waals surface area contributed by atoms with Crippen LogP contribution in [0.3, 0.4) is 0 Å². The van der Waals surface area contributed by atoms with E-state index in [9.17, 15) is 0 Å². The summed E-state index contributed by atoms with van der Waals surface area (Å²) in [7, 11) is 3.78. The Morgan fingerprint density at radius 3 is 2.62 bits per heavy atom. The number of aromatic nitrogens is 2. The monoisotopic (exact) mass is 298 g/mol. The Kier molecular flexibility index (Phi) is 3.22.